The zero-order valence-corrected chi connectivity index (χ0v) is 60.4. The molecule has 0 aliphatic heterocycles. The van der Waals surface area contributed by atoms with Crippen molar-refractivity contribution < 1.29 is 80.4 Å². The maximum absolute atomic E-state index is 4.59. The van der Waals surface area contributed by atoms with Crippen LogP contribution in [0.3, 0.4) is 0 Å². The second-order valence-electron chi connectivity index (χ2n) is 20.8. The maximum Gasteiger partial charge on any atom is 0.126 e. The third-order valence-corrected chi connectivity index (χ3v) is 14.4. The van der Waals surface area contributed by atoms with Crippen LogP contribution in [0.2, 0.25) is 0 Å². The fourth-order valence-electron chi connectivity index (χ4n) is 9.93. The van der Waals surface area contributed by atoms with Gasteiger partial charge in [-0.15, -0.1) is 178 Å². The van der Waals surface area contributed by atoms with Crippen LogP contribution in [0.5, 0.6) is 0 Å². The van der Waals surface area contributed by atoms with Crippen LogP contribution >= 0.6 is 0 Å². The summed E-state index contributed by atoms with van der Waals surface area (Å²) in [6.07, 6.45) is 7.47. The van der Waals surface area contributed by atoms with Crippen LogP contribution in [-0.4, -0.2) is 49.3 Å². The smallest absolute Gasteiger partial charge is 0.126 e. The van der Waals surface area contributed by atoms with E-state index in [0.717, 1.165) is 123 Å². The molecule has 16 aromatic rings. The van der Waals surface area contributed by atoms with Crippen LogP contribution in [-0.2, 0) is 80.4 Å². The van der Waals surface area contributed by atoms with E-state index in [1.807, 2.05) is 244 Å². The van der Waals surface area contributed by atoms with Gasteiger partial charge in [0.05, 0.1) is 33.7 Å². The normalized spacial score (nSPS) is 10.2. The van der Waals surface area contributed by atoms with Gasteiger partial charge in [-0.2, -0.15) is 0 Å². The Kier molecular flexibility index (Phi) is 25.5. The third kappa shape index (κ3) is 17.7. The van der Waals surface area contributed by atoms with Crippen LogP contribution in [0.4, 0.5) is 0 Å². The average Bonchev–Trinajstić information content (AvgIpc) is 1.69. The number of aromatic nitrogens is 10. The van der Waals surface area contributed by atoms with E-state index < -0.39 is 0 Å². The molecule has 6 heterocycles. The molecular formula is C79H57Ir4N10-5. The van der Waals surface area contributed by atoms with Crippen molar-refractivity contribution >= 4 is 49.3 Å². The Morgan fingerprint density at radius 1 is 0.355 bits per heavy atom. The van der Waals surface area contributed by atoms with Gasteiger partial charge in [-0.05, 0) is 84.2 Å². The summed E-state index contributed by atoms with van der Waals surface area (Å²) in [6, 6.07) is 98.5. The molecule has 14 heteroatoms. The number of benzene rings is 10. The molecule has 0 atom stereocenters. The number of hydrogen-bond acceptors (Lipinski definition) is 9. The van der Waals surface area contributed by atoms with Gasteiger partial charge in [0.15, 0.2) is 0 Å². The summed E-state index contributed by atoms with van der Waals surface area (Å²) in [5.41, 5.74) is 18.3. The van der Waals surface area contributed by atoms with E-state index >= 15 is 0 Å². The van der Waals surface area contributed by atoms with Crippen molar-refractivity contribution in [1.82, 2.24) is 49.3 Å². The van der Waals surface area contributed by atoms with Crippen molar-refractivity contribution in [1.29, 1.82) is 0 Å². The quantitative estimate of drug-likeness (QED) is 0.150. The molecule has 4 radical (unpaired) electrons. The van der Waals surface area contributed by atoms with Gasteiger partial charge >= 0.3 is 0 Å². The number of imidazole rings is 1. The Hall–Kier alpha value is -9.15. The summed E-state index contributed by atoms with van der Waals surface area (Å²) >= 11 is 0. The SMILES string of the molecule is Cc1c[c-]c(-c2nc(C)c3ccccc3n2)cc1.Cc1c[c-]c(-c2nc(C)nc3ccccc23)cc1.[Ir].[Ir].[Ir].[Ir].[c-]1ccc(-c2ccccc2)cc1-c1ncnc2ccccc12.[c-]1ccccc1-c1cn2ccccc2n1.[c-]1ccccc1-c1ncc2ccccc2n1. The van der Waals surface area contributed by atoms with Crippen molar-refractivity contribution in [3.63, 3.8) is 0 Å². The second kappa shape index (κ2) is 34.0. The molecule has 0 unspecified atom stereocenters. The van der Waals surface area contributed by atoms with E-state index in [1.165, 1.54) is 16.7 Å². The molecule has 0 spiro atoms. The molecule has 10 nitrogen and oxygen atoms in total. The van der Waals surface area contributed by atoms with Crippen LogP contribution in [0.1, 0.15) is 22.6 Å². The number of hydrogen-bond donors (Lipinski definition) is 0. The van der Waals surface area contributed by atoms with E-state index in [0.29, 0.717) is 0 Å². The van der Waals surface area contributed by atoms with Gasteiger partial charge in [0.25, 0.3) is 0 Å². The summed E-state index contributed by atoms with van der Waals surface area (Å²) in [4.78, 5) is 40.3. The van der Waals surface area contributed by atoms with Crippen molar-refractivity contribution in [2.75, 3.05) is 0 Å². The van der Waals surface area contributed by atoms with Crippen molar-refractivity contribution in [2.45, 2.75) is 27.7 Å². The van der Waals surface area contributed by atoms with Gasteiger partial charge in [-0.1, -0.05) is 123 Å². The minimum Gasteiger partial charge on any atom is -0.316 e. The molecule has 0 aliphatic rings. The Morgan fingerprint density at radius 2 is 0.925 bits per heavy atom. The number of rotatable bonds is 6. The van der Waals surface area contributed by atoms with Crippen LogP contribution in [0.15, 0.2) is 274 Å². The minimum absolute atomic E-state index is 0. The molecular weight excluding hydrogens is 1860 g/mol. The Labute approximate surface area is 595 Å². The first kappa shape index (κ1) is 69.7. The average molecular weight is 1920 g/mol. The number of fused-ring (bicyclic) bond motifs is 5. The molecule has 0 saturated heterocycles. The van der Waals surface area contributed by atoms with E-state index in [4.69, 9.17) is 0 Å². The van der Waals surface area contributed by atoms with Gasteiger partial charge in [-0.3, -0.25) is 34.9 Å². The van der Waals surface area contributed by atoms with Crippen molar-refractivity contribution in [3.05, 3.63) is 327 Å². The summed E-state index contributed by atoms with van der Waals surface area (Å²) < 4.78 is 2.01. The van der Waals surface area contributed by atoms with Gasteiger partial charge in [0.2, 0.25) is 0 Å². The zero-order valence-electron chi connectivity index (χ0n) is 50.8. The Bertz CT molecular complexity index is 4980. The monoisotopic (exact) mass is 1920 g/mol. The van der Waals surface area contributed by atoms with Gasteiger partial charge < -0.3 is 4.40 Å². The van der Waals surface area contributed by atoms with Crippen molar-refractivity contribution in [2.24, 2.45) is 0 Å². The minimum atomic E-state index is 0. The molecule has 6 aromatic heterocycles. The third-order valence-electron chi connectivity index (χ3n) is 14.4. The van der Waals surface area contributed by atoms with Gasteiger partial charge in [0, 0.05) is 115 Å². The molecule has 16 rings (SSSR count). The molecule has 464 valence electrons. The zero-order chi connectivity index (χ0) is 60.7. The van der Waals surface area contributed by atoms with Crippen LogP contribution in [0, 0.1) is 58.0 Å². The summed E-state index contributed by atoms with van der Waals surface area (Å²) in [7, 11) is 0. The van der Waals surface area contributed by atoms with E-state index in [1.54, 1.807) is 6.33 Å². The summed E-state index contributed by atoms with van der Waals surface area (Å²) in [5, 5.41) is 4.28. The largest absolute Gasteiger partial charge is 0.316 e. The predicted molar refractivity (Wildman–Crippen MR) is 359 cm³/mol. The first-order valence-corrected chi connectivity index (χ1v) is 29.1. The van der Waals surface area contributed by atoms with Gasteiger partial charge in [0.1, 0.15) is 17.8 Å². The molecule has 10 aromatic carbocycles. The van der Waals surface area contributed by atoms with E-state index in [9.17, 15) is 0 Å². The van der Waals surface area contributed by atoms with E-state index in [2.05, 4.69) is 131 Å². The number of pyridine rings is 1. The maximum atomic E-state index is 4.59. The molecule has 0 fully saturated rings. The molecule has 0 bridgehead atoms. The first-order valence-electron chi connectivity index (χ1n) is 29.1. The van der Waals surface area contributed by atoms with Crippen molar-refractivity contribution in [3.8, 4) is 67.7 Å². The van der Waals surface area contributed by atoms with Crippen LogP contribution < -0.4 is 0 Å². The fourth-order valence-corrected chi connectivity index (χ4v) is 9.93. The number of aryl methyl sites for hydroxylation is 4. The topological polar surface area (TPSA) is 120 Å². The van der Waals surface area contributed by atoms with Crippen LogP contribution in [0.25, 0.3) is 117 Å². The Balaban J connectivity index is 0.000000149. The molecule has 93 heavy (non-hydrogen) atoms. The number of para-hydroxylation sites is 4. The fraction of sp³-hybridized carbons (Fsp3) is 0.0506. The summed E-state index contributed by atoms with van der Waals surface area (Å²) in [6.45, 7) is 8.04. The first-order chi connectivity index (χ1) is 43.8. The molecule has 0 N–H and O–H groups in total. The molecule has 0 amide bonds. The summed E-state index contributed by atoms with van der Waals surface area (Å²) in [5.74, 6) is 2.25. The Morgan fingerprint density at radius 3 is 1.60 bits per heavy atom. The van der Waals surface area contributed by atoms with Gasteiger partial charge in [-0.25, -0.2) is 9.97 Å². The predicted octanol–water partition coefficient (Wildman–Crippen LogP) is 18.1. The van der Waals surface area contributed by atoms with E-state index in [-0.39, 0.29) is 80.4 Å². The molecule has 0 aliphatic carbocycles. The standard InChI is InChI=1S/C20H13N2.2C16H13N2.C14H9N2.C13H9N2.4Ir/c1-2-7-15(8-3-1)16-9-6-10-17(13-16)20-18-11-4-5-12-19(18)21-14-22-20;1-11-7-9-13(10-8-11)16-14-5-3-4-6-15(14)17-12(2)18-16;1-11-7-9-13(10-8-11)16-17-12(2)14-5-3-4-6-15(14)18-16;1-2-6-11(7-3-1)14-15-10-12-8-4-5-9-13(12)16-14;1-2-6-11(7-3-1)12-10-15-9-5-4-8-13(15)14-12;;;;/h1-9,11-14H;2*3-9H,1-2H3;1-6,8-10H;1-6,8-10H;;;;/q5*-1;;;;. The molecule has 0 saturated carbocycles. The number of nitrogens with zero attached hydrogens (tertiary/aromatic N) is 10. The second-order valence-corrected chi connectivity index (χ2v) is 20.8.